The average molecular weight is 491 g/mol. The lowest BCUT2D eigenvalue weighted by Gasteiger charge is -2.16. The van der Waals surface area contributed by atoms with E-state index in [0.717, 1.165) is 61.3 Å². The molecule has 184 valence electrons. The lowest BCUT2D eigenvalue weighted by molar-refractivity contribution is 0.176. The fraction of sp³-hybridized carbons (Fsp3) is 0.179. The molecule has 0 aliphatic rings. The van der Waals surface area contributed by atoms with Crippen molar-refractivity contribution < 1.29 is 5.11 Å². The third-order valence-electron chi connectivity index (χ3n) is 6.28. The molecule has 0 fully saturated rings. The lowest BCUT2D eigenvalue weighted by atomic mass is 10.1. The Bertz CT molecular complexity index is 1690. The predicted molar refractivity (Wildman–Crippen MR) is 145 cm³/mol. The molecule has 0 spiro atoms. The molecule has 9 heteroatoms. The molecular formula is C28H26N8O. The Morgan fingerprint density at radius 2 is 1.76 bits per heavy atom. The first-order chi connectivity index (χ1) is 18.0. The van der Waals surface area contributed by atoms with Crippen LogP contribution >= 0.6 is 0 Å². The number of fused-ring (bicyclic) bond motifs is 2. The van der Waals surface area contributed by atoms with E-state index in [1.165, 1.54) is 0 Å². The maximum Gasteiger partial charge on any atom is 0.124 e. The van der Waals surface area contributed by atoms with Crippen molar-refractivity contribution in [3.63, 3.8) is 0 Å². The number of H-pyrrole nitrogens is 2. The molecule has 0 radical (unpaired) electrons. The average Bonchev–Trinajstić information content (AvgIpc) is 3.52. The number of aliphatic hydroxyl groups is 1. The van der Waals surface area contributed by atoms with Crippen LogP contribution in [0.3, 0.4) is 0 Å². The van der Waals surface area contributed by atoms with Crippen molar-refractivity contribution in [3.8, 4) is 33.8 Å². The quantitative estimate of drug-likeness (QED) is 0.221. The normalized spacial score (nSPS) is 12.4. The van der Waals surface area contributed by atoms with Gasteiger partial charge in [-0.2, -0.15) is 5.10 Å². The first-order valence-corrected chi connectivity index (χ1v) is 12.2. The minimum absolute atomic E-state index is 0.378. The van der Waals surface area contributed by atoms with E-state index < -0.39 is 6.23 Å². The third-order valence-corrected chi connectivity index (χ3v) is 6.28. The van der Waals surface area contributed by atoms with Gasteiger partial charge in [0.25, 0.3) is 0 Å². The van der Waals surface area contributed by atoms with Gasteiger partial charge in [-0.3, -0.25) is 25.0 Å². The van der Waals surface area contributed by atoms with Gasteiger partial charge in [-0.1, -0.05) is 19.9 Å². The fourth-order valence-corrected chi connectivity index (χ4v) is 4.57. The standard InChI is InChI=1S/C28H26N8O/c1-16(2)6-27(37)33-19-7-18(11-30-12-19)23-9-21-26(15-32-23)35-36-28(21)24-8-20-22(13-31-14-25(20)34-24)17-4-3-5-29-10-17/h3-5,7-16,27,33-34,37H,6H2,1-2H3,(H,35,36). The highest BCUT2D eigenvalue weighted by Gasteiger charge is 2.16. The molecule has 6 aromatic rings. The van der Waals surface area contributed by atoms with Crippen molar-refractivity contribution >= 4 is 27.5 Å². The van der Waals surface area contributed by atoms with Crippen LogP contribution in [0.4, 0.5) is 5.69 Å². The third kappa shape index (κ3) is 4.52. The summed E-state index contributed by atoms with van der Waals surface area (Å²) in [6, 6.07) is 9.99. The van der Waals surface area contributed by atoms with Crippen molar-refractivity contribution in [1.29, 1.82) is 0 Å². The second-order valence-electron chi connectivity index (χ2n) is 9.51. The zero-order chi connectivity index (χ0) is 25.4. The van der Waals surface area contributed by atoms with Crippen LogP contribution in [0.2, 0.25) is 0 Å². The highest BCUT2D eigenvalue weighted by atomic mass is 16.3. The first-order valence-electron chi connectivity index (χ1n) is 12.2. The monoisotopic (exact) mass is 490 g/mol. The summed E-state index contributed by atoms with van der Waals surface area (Å²) in [4.78, 5) is 21.1. The molecule has 1 unspecified atom stereocenters. The second kappa shape index (κ2) is 9.44. The number of hydrogen-bond donors (Lipinski definition) is 4. The molecule has 0 aliphatic carbocycles. The van der Waals surface area contributed by atoms with Gasteiger partial charge in [-0.15, -0.1) is 0 Å². The Morgan fingerprint density at radius 1 is 0.892 bits per heavy atom. The molecule has 0 aliphatic heterocycles. The molecule has 0 bridgehead atoms. The first kappa shape index (κ1) is 22.8. The van der Waals surface area contributed by atoms with E-state index in [9.17, 15) is 5.11 Å². The summed E-state index contributed by atoms with van der Waals surface area (Å²) in [5.74, 6) is 0.378. The van der Waals surface area contributed by atoms with Crippen molar-refractivity contribution in [1.82, 2.24) is 35.1 Å². The van der Waals surface area contributed by atoms with Gasteiger partial charge in [0.1, 0.15) is 11.9 Å². The maximum atomic E-state index is 10.3. The minimum atomic E-state index is -0.638. The molecule has 0 saturated carbocycles. The van der Waals surface area contributed by atoms with Gasteiger partial charge in [0.15, 0.2) is 0 Å². The maximum absolute atomic E-state index is 10.3. The number of hydrogen-bond acceptors (Lipinski definition) is 7. The summed E-state index contributed by atoms with van der Waals surface area (Å²) in [6.07, 6.45) is 12.5. The lowest BCUT2D eigenvalue weighted by Crippen LogP contribution is -2.20. The Morgan fingerprint density at radius 3 is 2.59 bits per heavy atom. The summed E-state index contributed by atoms with van der Waals surface area (Å²) >= 11 is 0. The molecule has 0 saturated heterocycles. The molecule has 6 rings (SSSR count). The Kier molecular flexibility index (Phi) is 5.82. The Balaban J connectivity index is 1.38. The Hall–Kier alpha value is -4.63. The van der Waals surface area contributed by atoms with Crippen LogP contribution in [0.25, 0.3) is 55.6 Å². The van der Waals surface area contributed by atoms with Gasteiger partial charge in [0, 0.05) is 52.3 Å². The van der Waals surface area contributed by atoms with Crippen LogP contribution in [-0.2, 0) is 0 Å². The topological polar surface area (TPSA) is 128 Å². The van der Waals surface area contributed by atoms with Crippen molar-refractivity contribution in [2.45, 2.75) is 26.5 Å². The van der Waals surface area contributed by atoms with Gasteiger partial charge < -0.3 is 15.4 Å². The van der Waals surface area contributed by atoms with E-state index in [-0.39, 0.29) is 0 Å². The number of rotatable bonds is 7. The van der Waals surface area contributed by atoms with E-state index in [1.807, 2.05) is 42.9 Å². The summed E-state index contributed by atoms with van der Waals surface area (Å²) < 4.78 is 0. The van der Waals surface area contributed by atoms with Crippen LogP contribution < -0.4 is 5.32 Å². The largest absolute Gasteiger partial charge is 0.374 e. The van der Waals surface area contributed by atoms with Crippen molar-refractivity contribution in [3.05, 3.63) is 73.7 Å². The molecule has 6 aromatic heterocycles. The van der Waals surface area contributed by atoms with Crippen LogP contribution in [0, 0.1) is 5.92 Å². The van der Waals surface area contributed by atoms with Crippen molar-refractivity contribution in [2.75, 3.05) is 5.32 Å². The second-order valence-corrected chi connectivity index (χ2v) is 9.51. The van der Waals surface area contributed by atoms with E-state index in [2.05, 4.69) is 60.3 Å². The molecule has 0 aromatic carbocycles. The van der Waals surface area contributed by atoms with Crippen LogP contribution in [0.5, 0.6) is 0 Å². The van der Waals surface area contributed by atoms with Crippen LogP contribution in [-0.4, -0.2) is 46.5 Å². The summed E-state index contributed by atoms with van der Waals surface area (Å²) in [7, 11) is 0. The van der Waals surface area contributed by atoms with Gasteiger partial charge in [-0.05, 0) is 36.6 Å². The fourth-order valence-electron chi connectivity index (χ4n) is 4.57. The van der Waals surface area contributed by atoms with E-state index in [1.54, 1.807) is 24.8 Å². The highest BCUT2D eigenvalue weighted by Crippen LogP contribution is 2.34. The number of anilines is 1. The number of aliphatic hydroxyl groups excluding tert-OH is 1. The number of nitrogens with zero attached hydrogens (tertiary/aromatic N) is 5. The molecule has 1 atom stereocenters. The highest BCUT2D eigenvalue weighted by molar-refractivity contribution is 6.01. The SMILES string of the molecule is CC(C)CC(O)Nc1cncc(-c2cc3c(-c4cc5c(-c6cccnc6)cncc5[nH]4)n[nH]c3cn2)c1. The van der Waals surface area contributed by atoms with Gasteiger partial charge in [0.05, 0.1) is 46.7 Å². The molecule has 4 N–H and O–H groups in total. The van der Waals surface area contributed by atoms with E-state index in [0.29, 0.717) is 12.3 Å². The van der Waals surface area contributed by atoms with Crippen LogP contribution in [0.15, 0.2) is 73.7 Å². The van der Waals surface area contributed by atoms with E-state index >= 15 is 0 Å². The summed E-state index contributed by atoms with van der Waals surface area (Å²) in [5.41, 5.74) is 7.78. The summed E-state index contributed by atoms with van der Waals surface area (Å²) in [6.45, 7) is 4.15. The minimum Gasteiger partial charge on any atom is -0.374 e. The smallest absolute Gasteiger partial charge is 0.124 e. The van der Waals surface area contributed by atoms with Gasteiger partial charge >= 0.3 is 0 Å². The van der Waals surface area contributed by atoms with E-state index in [4.69, 9.17) is 0 Å². The van der Waals surface area contributed by atoms with Crippen molar-refractivity contribution in [2.24, 2.45) is 5.92 Å². The molecular weight excluding hydrogens is 464 g/mol. The number of nitrogens with one attached hydrogen (secondary N) is 3. The number of aromatic amines is 2. The van der Waals surface area contributed by atoms with Gasteiger partial charge in [0.2, 0.25) is 0 Å². The van der Waals surface area contributed by atoms with Crippen LogP contribution in [0.1, 0.15) is 20.3 Å². The zero-order valence-corrected chi connectivity index (χ0v) is 20.5. The molecule has 0 amide bonds. The molecule has 6 heterocycles. The summed E-state index contributed by atoms with van der Waals surface area (Å²) in [5, 5.41) is 23.1. The van der Waals surface area contributed by atoms with Gasteiger partial charge in [-0.25, -0.2) is 0 Å². The molecule has 37 heavy (non-hydrogen) atoms. The predicted octanol–water partition coefficient (Wildman–Crippen LogP) is 5.40. The zero-order valence-electron chi connectivity index (χ0n) is 20.5. The number of pyridine rings is 4. The Labute approximate surface area is 213 Å². The molecule has 9 nitrogen and oxygen atoms in total. The number of aromatic nitrogens is 7.